The lowest BCUT2D eigenvalue weighted by atomic mass is 9.63. The molecule has 0 spiro atoms. The van der Waals surface area contributed by atoms with Gasteiger partial charge >= 0.3 is 0 Å². The molecule has 9 rings (SSSR count). The Kier molecular flexibility index (Phi) is 7.25. The molecule has 0 atom stereocenters. The summed E-state index contributed by atoms with van der Waals surface area (Å²) >= 11 is 0. The minimum Gasteiger partial charge on any atom is -0.309 e. The van der Waals surface area contributed by atoms with Gasteiger partial charge in [0.15, 0.2) is 17.5 Å². The summed E-state index contributed by atoms with van der Waals surface area (Å²) in [6.07, 6.45) is 2.39. The standard InChI is InChI=1S/C47H40N4/c1-46(2)26-27-47(3,4)40-30-42-38(29-39(40)46)37-20-11-12-21-41(37)51(42)36-19-13-18-35(28-36)31-22-24-34(25-23-31)45-49-43(32-14-7-5-8-15-32)48-44(50-45)33-16-9-6-10-17-33/h5-25,28-30H,26-27H2,1-4H3. The van der Waals surface area contributed by atoms with Gasteiger partial charge in [0.1, 0.15) is 0 Å². The normalized spacial score (nSPS) is 14.8. The molecule has 1 aliphatic rings. The minimum atomic E-state index is 0.131. The van der Waals surface area contributed by atoms with Crippen molar-refractivity contribution in [2.45, 2.75) is 51.4 Å². The molecule has 2 heterocycles. The van der Waals surface area contributed by atoms with Crippen molar-refractivity contribution in [2.75, 3.05) is 0 Å². The lowest BCUT2D eigenvalue weighted by Crippen LogP contribution is -2.33. The van der Waals surface area contributed by atoms with E-state index in [-0.39, 0.29) is 10.8 Å². The molecule has 248 valence electrons. The summed E-state index contributed by atoms with van der Waals surface area (Å²) in [4.78, 5) is 14.7. The lowest BCUT2D eigenvalue weighted by molar-refractivity contribution is 0.332. The van der Waals surface area contributed by atoms with E-state index < -0.39 is 0 Å². The van der Waals surface area contributed by atoms with Crippen LogP contribution in [0.2, 0.25) is 0 Å². The maximum Gasteiger partial charge on any atom is 0.164 e. The topological polar surface area (TPSA) is 43.6 Å². The van der Waals surface area contributed by atoms with Crippen molar-refractivity contribution < 1.29 is 0 Å². The fraction of sp³-hybridized carbons (Fsp3) is 0.170. The number of nitrogens with zero attached hydrogens (tertiary/aromatic N) is 4. The van der Waals surface area contributed by atoms with E-state index in [0.717, 1.165) is 33.5 Å². The van der Waals surface area contributed by atoms with Gasteiger partial charge in [0, 0.05) is 33.2 Å². The summed E-state index contributed by atoms with van der Waals surface area (Å²) in [5.41, 5.74) is 12.1. The highest BCUT2D eigenvalue weighted by Gasteiger charge is 2.37. The van der Waals surface area contributed by atoms with Crippen LogP contribution in [0.15, 0.2) is 146 Å². The van der Waals surface area contributed by atoms with Crippen LogP contribution in [-0.2, 0) is 10.8 Å². The van der Waals surface area contributed by atoms with Crippen molar-refractivity contribution in [1.29, 1.82) is 0 Å². The molecule has 0 radical (unpaired) electrons. The van der Waals surface area contributed by atoms with Gasteiger partial charge in [-0.05, 0) is 76.3 Å². The molecule has 2 aromatic heterocycles. The fourth-order valence-electron chi connectivity index (χ4n) is 7.88. The number of benzene rings is 6. The third-order valence-corrected chi connectivity index (χ3v) is 10.9. The van der Waals surface area contributed by atoms with Crippen molar-refractivity contribution in [2.24, 2.45) is 0 Å². The van der Waals surface area contributed by atoms with Crippen molar-refractivity contribution in [1.82, 2.24) is 19.5 Å². The van der Waals surface area contributed by atoms with Crippen LogP contribution >= 0.6 is 0 Å². The molecule has 6 aromatic carbocycles. The Balaban J connectivity index is 1.13. The Hall–Kier alpha value is -5.87. The zero-order valence-electron chi connectivity index (χ0n) is 29.6. The monoisotopic (exact) mass is 660 g/mol. The zero-order valence-corrected chi connectivity index (χ0v) is 29.6. The predicted octanol–water partition coefficient (Wildman–Crippen LogP) is 12.0. The number of fused-ring (bicyclic) bond motifs is 4. The van der Waals surface area contributed by atoms with Gasteiger partial charge < -0.3 is 4.57 Å². The average Bonchev–Trinajstić information content (AvgIpc) is 3.50. The van der Waals surface area contributed by atoms with Crippen LogP contribution in [0.25, 0.3) is 72.8 Å². The molecule has 4 heteroatoms. The van der Waals surface area contributed by atoms with E-state index in [0.29, 0.717) is 17.5 Å². The molecule has 0 N–H and O–H groups in total. The zero-order chi connectivity index (χ0) is 34.7. The molecule has 0 bridgehead atoms. The molecule has 4 nitrogen and oxygen atoms in total. The lowest BCUT2D eigenvalue weighted by Gasteiger charge is -2.42. The van der Waals surface area contributed by atoms with Gasteiger partial charge in [-0.1, -0.05) is 143 Å². The van der Waals surface area contributed by atoms with Crippen LogP contribution in [0.3, 0.4) is 0 Å². The van der Waals surface area contributed by atoms with Crippen LogP contribution in [0.1, 0.15) is 51.7 Å². The van der Waals surface area contributed by atoms with E-state index in [2.05, 4.69) is 117 Å². The summed E-state index contributed by atoms with van der Waals surface area (Å²) < 4.78 is 2.46. The molecule has 0 amide bonds. The van der Waals surface area contributed by atoms with Gasteiger partial charge in [-0.2, -0.15) is 0 Å². The van der Waals surface area contributed by atoms with Gasteiger partial charge in [0.25, 0.3) is 0 Å². The molecule has 0 aliphatic heterocycles. The first-order valence-corrected chi connectivity index (χ1v) is 17.9. The molecule has 51 heavy (non-hydrogen) atoms. The first-order valence-electron chi connectivity index (χ1n) is 17.9. The number of para-hydroxylation sites is 1. The van der Waals surface area contributed by atoms with Crippen LogP contribution in [-0.4, -0.2) is 19.5 Å². The quantitative estimate of drug-likeness (QED) is 0.184. The van der Waals surface area contributed by atoms with Gasteiger partial charge in [0.2, 0.25) is 0 Å². The summed E-state index contributed by atoms with van der Waals surface area (Å²) in [5.74, 6) is 1.98. The fourth-order valence-corrected chi connectivity index (χ4v) is 7.88. The van der Waals surface area contributed by atoms with E-state index in [1.807, 2.05) is 60.7 Å². The predicted molar refractivity (Wildman–Crippen MR) is 211 cm³/mol. The second-order valence-corrected chi connectivity index (χ2v) is 15.2. The third-order valence-electron chi connectivity index (χ3n) is 10.9. The van der Waals surface area contributed by atoms with E-state index in [9.17, 15) is 0 Å². The second kappa shape index (κ2) is 11.9. The SMILES string of the molecule is CC1(C)CCC(C)(C)c2cc3c(cc21)c1ccccc1n3-c1cccc(-c2ccc(-c3nc(-c4ccccc4)nc(-c4ccccc4)n3)cc2)c1. The Morgan fingerprint density at radius 2 is 0.902 bits per heavy atom. The maximum absolute atomic E-state index is 4.93. The van der Waals surface area contributed by atoms with E-state index in [1.165, 1.54) is 45.8 Å². The van der Waals surface area contributed by atoms with Crippen molar-refractivity contribution in [3.05, 3.63) is 157 Å². The van der Waals surface area contributed by atoms with Crippen molar-refractivity contribution in [3.63, 3.8) is 0 Å². The second-order valence-electron chi connectivity index (χ2n) is 15.2. The third kappa shape index (κ3) is 5.43. The minimum absolute atomic E-state index is 0.131. The van der Waals surface area contributed by atoms with Gasteiger partial charge in [-0.3, -0.25) is 0 Å². The van der Waals surface area contributed by atoms with E-state index in [1.54, 1.807) is 0 Å². The average molecular weight is 661 g/mol. The molecule has 0 saturated carbocycles. The highest BCUT2D eigenvalue weighted by molar-refractivity contribution is 6.10. The summed E-state index contributed by atoms with van der Waals surface area (Å²) in [6, 6.07) is 51.6. The van der Waals surface area contributed by atoms with Crippen molar-refractivity contribution >= 4 is 21.8 Å². The highest BCUT2D eigenvalue weighted by Crippen LogP contribution is 2.48. The Labute approximate surface area is 299 Å². The van der Waals surface area contributed by atoms with Gasteiger partial charge in [0.05, 0.1) is 11.0 Å². The van der Waals surface area contributed by atoms with E-state index >= 15 is 0 Å². The molecule has 0 unspecified atom stereocenters. The van der Waals surface area contributed by atoms with Crippen LogP contribution < -0.4 is 0 Å². The van der Waals surface area contributed by atoms with Crippen LogP contribution in [0.4, 0.5) is 0 Å². The van der Waals surface area contributed by atoms with Gasteiger partial charge in [-0.15, -0.1) is 0 Å². The molecule has 0 fully saturated rings. The molecular weight excluding hydrogens is 621 g/mol. The van der Waals surface area contributed by atoms with E-state index in [4.69, 9.17) is 15.0 Å². The number of hydrogen-bond donors (Lipinski definition) is 0. The summed E-state index contributed by atoms with van der Waals surface area (Å²) in [6.45, 7) is 9.64. The van der Waals surface area contributed by atoms with Crippen molar-refractivity contribution in [3.8, 4) is 51.0 Å². The first-order chi connectivity index (χ1) is 24.7. The number of hydrogen-bond acceptors (Lipinski definition) is 3. The summed E-state index contributed by atoms with van der Waals surface area (Å²) in [7, 11) is 0. The van der Waals surface area contributed by atoms with Gasteiger partial charge in [-0.25, -0.2) is 15.0 Å². The largest absolute Gasteiger partial charge is 0.309 e. The number of rotatable bonds is 5. The Bertz CT molecular complexity index is 2500. The van der Waals surface area contributed by atoms with Crippen LogP contribution in [0, 0.1) is 0 Å². The molecule has 1 aliphatic carbocycles. The first kappa shape index (κ1) is 31.1. The van der Waals surface area contributed by atoms with Crippen LogP contribution in [0.5, 0.6) is 0 Å². The Morgan fingerprint density at radius 1 is 0.412 bits per heavy atom. The Morgan fingerprint density at radius 3 is 1.51 bits per heavy atom. The molecular formula is C47H40N4. The highest BCUT2D eigenvalue weighted by atomic mass is 15.0. The molecule has 0 saturated heterocycles. The maximum atomic E-state index is 4.93. The molecule has 8 aromatic rings. The smallest absolute Gasteiger partial charge is 0.164 e. The summed E-state index contributed by atoms with van der Waals surface area (Å²) in [5, 5.41) is 2.62. The number of aromatic nitrogens is 4.